The lowest BCUT2D eigenvalue weighted by Crippen LogP contribution is -2.48. The summed E-state index contributed by atoms with van der Waals surface area (Å²) >= 11 is 0. The van der Waals surface area contributed by atoms with Crippen molar-refractivity contribution in [1.29, 1.82) is 0 Å². The summed E-state index contributed by atoms with van der Waals surface area (Å²) in [6.45, 7) is 3.33. The van der Waals surface area contributed by atoms with E-state index in [2.05, 4.69) is 9.88 Å². The zero-order valence-corrected chi connectivity index (χ0v) is 20.1. The molecule has 0 spiro atoms. The van der Waals surface area contributed by atoms with Crippen LogP contribution in [-0.4, -0.2) is 46.9 Å². The highest BCUT2D eigenvalue weighted by Crippen LogP contribution is 2.29. The van der Waals surface area contributed by atoms with Crippen molar-refractivity contribution in [2.45, 2.75) is 19.3 Å². The lowest BCUT2D eigenvalue weighted by Gasteiger charge is -2.34. The van der Waals surface area contributed by atoms with E-state index in [-0.39, 0.29) is 5.91 Å². The number of piperazine rings is 1. The molecule has 37 heavy (non-hydrogen) atoms. The third-order valence-corrected chi connectivity index (χ3v) is 6.49. The number of nitrogens with zero attached hydrogens (tertiary/aromatic N) is 3. The zero-order chi connectivity index (χ0) is 25.8. The van der Waals surface area contributed by atoms with Crippen molar-refractivity contribution in [1.82, 2.24) is 14.8 Å². The summed E-state index contributed by atoms with van der Waals surface area (Å²) in [5, 5.41) is 1.08. The Morgan fingerprint density at radius 2 is 1.54 bits per heavy atom. The molecule has 4 aromatic rings. The number of para-hydroxylation sites is 1. The molecule has 5 nitrogen and oxygen atoms in total. The van der Waals surface area contributed by atoms with Gasteiger partial charge in [-0.05, 0) is 54.1 Å². The Hall–Kier alpha value is -3.91. The number of carbonyl (C=O) groups excluding carboxylic acids is 1. The molecular formula is C29H26F3N3O2. The van der Waals surface area contributed by atoms with Gasteiger partial charge in [0.1, 0.15) is 12.4 Å². The SMILES string of the molecule is O=C(c1ccc(OCc2ccc3ccccc3n2)cc1)N1CCN(Cc2ccc(C(F)(F)F)cc2)CC1. The Morgan fingerprint density at radius 3 is 2.24 bits per heavy atom. The fourth-order valence-electron chi connectivity index (χ4n) is 4.39. The number of halogens is 3. The lowest BCUT2D eigenvalue weighted by molar-refractivity contribution is -0.137. The molecule has 3 aromatic carbocycles. The quantitative estimate of drug-likeness (QED) is 0.333. The molecule has 0 saturated carbocycles. The first-order valence-electron chi connectivity index (χ1n) is 12.1. The van der Waals surface area contributed by atoms with Crippen LogP contribution in [-0.2, 0) is 19.3 Å². The number of carbonyl (C=O) groups is 1. The maximum atomic E-state index is 13.0. The van der Waals surface area contributed by atoms with E-state index >= 15 is 0 Å². The average Bonchev–Trinajstić information content (AvgIpc) is 2.92. The monoisotopic (exact) mass is 505 g/mol. The van der Waals surface area contributed by atoms with Gasteiger partial charge in [0, 0.05) is 43.7 Å². The van der Waals surface area contributed by atoms with Crippen LogP contribution in [0.1, 0.15) is 27.2 Å². The fraction of sp³-hybridized carbons (Fsp3) is 0.241. The van der Waals surface area contributed by atoms with Crippen molar-refractivity contribution in [3.05, 3.63) is 107 Å². The molecule has 0 aliphatic carbocycles. The van der Waals surface area contributed by atoms with E-state index < -0.39 is 11.7 Å². The molecular weight excluding hydrogens is 479 g/mol. The third kappa shape index (κ3) is 6.09. The largest absolute Gasteiger partial charge is 0.487 e. The second-order valence-corrected chi connectivity index (χ2v) is 9.07. The number of ether oxygens (including phenoxy) is 1. The number of fused-ring (bicyclic) bond motifs is 1. The zero-order valence-electron chi connectivity index (χ0n) is 20.1. The van der Waals surface area contributed by atoms with Crippen molar-refractivity contribution in [2.75, 3.05) is 26.2 Å². The Labute approximate surface area is 213 Å². The van der Waals surface area contributed by atoms with E-state index in [4.69, 9.17) is 4.74 Å². The summed E-state index contributed by atoms with van der Waals surface area (Å²) in [6.07, 6.45) is -4.33. The van der Waals surface area contributed by atoms with Crippen LogP contribution in [0.2, 0.25) is 0 Å². The van der Waals surface area contributed by atoms with E-state index in [9.17, 15) is 18.0 Å². The molecule has 0 radical (unpaired) electrons. The van der Waals surface area contributed by atoms with Crippen LogP contribution in [0, 0.1) is 0 Å². The number of hydrogen-bond acceptors (Lipinski definition) is 4. The molecule has 0 bridgehead atoms. The summed E-state index contributed by atoms with van der Waals surface area (Å²) in [6, 6.07) is 24.2. The minimum Gasteiger partial charge on any atom is -0.487 e. The van der Waals surface area contributed by atoms with Crippen LogP contribution < -0.4 is 4.74 Å². The standard InChI is InChI=1S/C29H26F3N3O2/c30-29(31,32)24-10-5-21(6-11-24)19-34-15-17-35(18-16-34)28(36)23-8-13-26(14-9-23)37-20-25-12-7-22-3-1-2-4-27(22)33-25/h1-14H,15-20H2. The molecule has 1 amide bonds. The van der Waals surface area contributed by atoms with Crippen LogP contribution in [0.4, 0.5) is 13.2 Å². The second kappa shape index (κ2) is 10.6. The highest BCUT2D eigenvalue weighted by Gasteiger charge is 2.30. The van der Waals surface area contributed by atoms with E-state index in [1.165, 1.54) is 12.1 Å². The van der Waals surface area contributed by atoms with Crippen molar-refractivity contribution in [3.8, 4) is 5.75 Å². The molecule has 1 aromatic heterocycles. The van der Waals surface area contributed by atoms with Crippen molar-refractivity contribution >= 4 is 16.8 Å². The van der Waals surface area contributed by atoms with Gasteiger partial charge in [0.05, 0.1) is 16.8 Å². The van der Waals surface area contributed by atoms with Gasteiger partial charge in [0.25, 0.3) is 5.91 Å². The molecule has 8 heteroatoms. The normalized spacial score (nSPS) is 14.6. The predicted molar refractivity (Wildman–Crippen MR) is 135 cm³/mol. The molecule has 1 fully saturated rings. The molecule has 0 unspecified atom stereocenters. The summed E-state index contributed by atoms with van der Waals surface area (Å²) in [5.74, 6) is 0.616. The number of pyridine rings is 1. The van der Waals surface area contributed by atoms with Gasteiger partial charge in [-0.3, -0.25) is 9.69 Å². The smallest absolute Gasteiger partial charge is 0.416 e. The average molecular weight is 506 g/mol. The molecule has 2 heterocycles. The third-order valence-electron chi connectivity index (χ3n) is 6.49. The van der Waals surface area contributed by atoms with Gasteiger partial charge in [-0.2, -0.15) is 13.2 Å². The van der Waals surface area contributed by atoms with Gasteiger partial charge in [-0.15, -0.1) is 0 Å². The van der Waals surface area contributed by atoms with E-state index in [0.717, 1.165) is 34.3 Å². The molecule has 0 N–H and O–H groups in total. The van der Waals surface area contributed by atoms with Crippen molar-refractivity contribution < 1.29 is 22.7 Å². The molecule has 1 saturated heterocycles. The first-order valence-corrected chi connectivity index (χ1v) is 12.1. The van der Waals surface area contributed by atoms with E-state index in [1.54, 1.807) is 29.2 Å². The van der Waals surface area contributed by atoms with Gasteiger partial charge in [0.2, 0.25) is 0 Å². The van der Waals surface area contributed by atoms with Crippen LogP contribution in [0.5, 0.6) is 5.75 Å². The summed E-state index contributed by atoms with van der Waals surface area (Å²) in [5.41, 5.74) is 2.51. The van der Waals surface area contributed by atoms with Crippen LogP contribution in [0.3, 0.4) is 0 Å². The number of alkyl halides is 3. The van der Waals surface area contributed by atoms with Gasteiger partial charge in [-0.25, -0.2) is 4.98 Å². The predicted octanol–water partition coefficient (Wildman–Crippen LogP) is 5.79. The highest BCUT2D eigenvalue weighted by atomic mass is 19.4. The minimum atomic E-state index is -4.33. The summed E-state index contributed by atoms with van der Waals surface area (Å²) in [7, 11) is 0. The molecule has 5 rings (SSSR count). The molecule has 1 aliphatic rings. The number of amides is 1. The number of rotatable bonds is 6. The van der Waals surface area contributed by atoms with E-state index in [1.807, 2.05) is 36.4 Å². The first-order chi connectivity index (χ1) is 17.8. The minimum absolute atomic E-state index is 0.0445. The topological polar surface area (TPSA) is 45.7 Å². The maximum Gasteiger partial charge on any atom is 0.416 e. The lowest BCUT2D eigenvalue weighted by atomic mass is 10.1. The Balaban J connectivity index is 1.11. The summed E-state index contributed by atoms with van der Waals surface area (Å²) in [4.78, 5) is 21.5. The Morgan fingerprint density at radius 1 is 0.838 bits per heavy atom. The van der Waals surface area contributed by atoms with Gasteiger partial charge in [-0.1, -0.05) is 36.4 Å². The number of benzene rings is 3. The maximum absolute atomic E-state index is 13.0. The van der Waals surface area contributed by atoms with Gasteiger partial charge < -0.3 is 9.64 Å². The van der Waals surface area contributed by atoms with Crippen molar-refractivity contribution in [3.63, 3.8) is 0 Å². The molecule has 0 atom stereocenters. The van der Waals surface area contributed by atoms with Crippen LogP contribution >= 0.6 is 0 Å². The Kier molecular flexibility index (Phi) is 7.10. The number of hydrogen-bond donors (Lipinski definition) is 0. The van der Waals surface area contributed by atoms with Crippen LogP contribution in [0.25, 0.3) is 10.9 Å². The molecule has 190 valence electrons. The number of aromatic nitrogens is 1. The first kappa shape index (κ1) is 24.8. The Bertz CT molecular complexity index is 1360. The molecule has 1 aliphatic heterocycles. The van der Waals surface area contributed by atoms with E-state index in [0.29, 0.717) is 50.6 Å². The highest BCUT2D eigenvalue weighted by molar-refractivity contribution is 5.94. The van der Waals surface area contributed by atoms with Crippen molar-refractivity contribution in [2.24, 2.45) is 0 Å². The van der Waals surface area contributed by atoms with Crippen LogP contribution in [0.15, 0.2) is 84.9 Å². The van der Waals surface area contributed by atoms with Gasteiger partial charge in [0.15, 0.2) is 0 Å². The summed E-state index contributed by atoms with van der Waals surface area (Å²) < 4.78 is 44.1. The van der Waals surface area contributed by atoms with Gasteiger partial charge >= 0.3 is 6.18 Å². The second-order valence-electron chi connectivity index (χ2n) is 9.07. The fourth-order valence-corrected chi connectivity index (χ4v) is 4.39.